The summed E-state index contributed by atoms with van der Waals surface area (Å²) >= 11 is 0. The number of rotatable bonds is 7. The summed E-state index contributed by atoms with van der Waals surface area (Å²) in [5.41, 5.74) is 1.04. The lowest BCUT2D eigenvalue weighted by Crippen LogP contribution is -2.29. The Morgan fingerprint density at radius 1 is 1.32 bits per heavy atom. The summed E-state index contributed by atoms with van der Waals surface area (Å²) in [6, 6.07) is 7.63. The molecule has 1 aliphatic rings. The number of amides is 1. The average Bonchev–Trinajstić information content (AvgIpc) is 2.94. The highest BCUT2D eigenvalue weighted by Crippen LogP contribution is 2.30. The molecule has 2 rings (SSSR count). The summed E-state index contributed by atoms with van der Waals surface area (Å²) in [5.74, 6) is 0.735. The first-order valence-electron chi connectivity index (χ1n) is 7.52. The Hall–Kier alpha value is -1.88. The largest absolute Gasteiger partial charge is 0.497 e. The Balaban J connectivity index is 2.02. The molecule has 0 aliphatic carbocycles. The molecule has 22 heavy (non-hydrogen) atoms. The van der Waals surface area contributed by atoms with Crippen LogP contribution in [-0.2, 0) is 14.3 Å². The van der Waals surface area contributed by atoms with Gasteiger partial charge in [-0.3, -0.25) is 9.59 Å². The van der Waals surface area contributed by atoms with Crippen LogP contribution >= 0.6 is 0 Å². The zero-order valence-corrected chi connectivity index (χ0v) is 13.4. The van der Waals surface area contributed by atoms with Crippen molar-refractivity contribution in [2.75, 3.05) is 27.4 Å². The van der Waals surface area contributed by atoms with E-state index in [0.717, 1.165) is 11.3 Å². The van der Waals surface area contributed by atoms with Crippen molar-refractivity contribution < 1.29 is 19.1 Å². The number of methoxy groups -OCH3 is 2. The van der Waals surface area contributed by atoms with Crippen LogP contribution < -0.4 is 4.74 Å². The fraction of sp³-hybridized carbons (Fsp3) is 0.529. The van der Waals surface area contributed by atoms with E-state index in [0.29, 0.717) is 26.0 Å². The van der Waals surface area contributed by atoms with Crippen LogP contribution in [0.1, 0.15) is 31.4 Å². The Morgan fingerprint density at radius 3 is 2.59 bits per heavy atom. The Morgan fingerprint density at radius 2 is 2.00 bits per heavy atom. The number of ketones is 1. The topological polar surface area (TPSA) is 55.8 Å². The van der Waals surface area contributed by atoms with Gasteiger partial charge in [0.2, 0.25) is 5.91 Å². The highest BCUT2D eigenvalue weighted by atomic mass is 16.5. The van der Waals surface area contributed by atoms with Crippen LogP contribution in [0.4, 0.5) is 0 Å². The fourth-order valence-corrected chi connectivity index (χ4v) is 2.79. The number of benzene rings is 1. The third-order valence-electron chi connectivity index (χ3n) is 4.23. The average molecular weight is 305 g/mol. The van der Waals surface area contributed by atoms with Gasteiger partial charge in [-0.2, -0.15) is 0 Å². The van der Waals surface area contributed by atoms with Crippen LogP contribution in [0.15, 0.2) is 24.3 Å². The van der Waals surface area contributed by atoms with Gasteiger partial charge in [0.25, 0.3) is 0 Å². The normalized spacial score (nSPS) is 19.3. The first-order valence-corrected chi connectivity index (χ1v) is 7.52. The van der Waals surface area contributed by atoms with E-state index in [-0.39, 0.29) is 23.7 Å². The molecule has 1 heterocycles. The van der Waals surface area contributed by atoms with E-state index < -0.39 is 0 Å². The number of ether oxygens (including phenoxy) is 2. The number of Topliss-reactive ketones (excluding diaryl/α,β-unsaturated/α-hetero) is 1. The highest BCUT2D eigenvalue weighted by molar-refractivity contribution is 5.90. The van der Waals surface area contributed by atoms with Gasteiger partial charge in [-0.25, -0.2) is 0 Å². The molecule has 1 amide bonds. The molecular formula is C17H23NO4. The molecule has 1 aromatic rings. The summed E-state index contributed by atoms with van der Waals surface area (Å²) in [7, 11) is 3.20. The lowest BCUT2D eigenvalue weighted by atomic mass is 10.0. The van der Waals surface area contributed by atoms with Gasteiger partial charge < -0.3 is 14.4 Å². The third-order valence-corrected chi connectivity index (χ3v) is 4.23. The van der Waals surface area contributed by atoms with Crippen molar-refractivity contribution in [1.29, 1.82) is 0 Å². The Labute approximate surface area is 131 Å². The van der Waals surface area contributed by atoms with Crippen molar-refractivity contribution in [3.63, 3.8) is 0 Å². The number of nitrogens with zero attached hydrogens (tertiary/aromatic N) is 1. The maximum absolute atomic E-state index is 12.2. The van der Waals surface area contributed by atoms with Gasteiger partial charge in [0.15, 0.2) is 0 Å². The monoisotopic (exact) mass is 305 g/mol. The van der Waals surface area contributed by atoms with Crippen molar-refractivity contribution in [1.82, 2.24) is 4.90 Å². The molecule has 0 radical (unpaired) electrons. The zero-order chi connectivity index (χ0) is 16.1. The Kier molecular flexibility index (Phi) is 5.55. The molecule has 0 saturated carbocycles. The van der Waals surface area contributed by atoms with Crippen molar-refractivity contribution in [3.8, 4) is 5.75 Å². The summed E-state index contributed by atoms with van der Waals surface area (Å²) in [6.45, 7) is 2.90. The highest BCUT2D eigenvalue weighted by Gasteiger charge is 2.36. The molecule has 0 N–H and O–H groups in total. The van der Waals surface area contributed by atoms with Crippen molar-refractivity contribution in [3.05, 3.63) is 29.8 Å². The number of carbonyl (C=O) groups excluding carboxylic acids is 2. The van der Waals surface area contributed by atoms with E-state index in [1.807, 2.05) is 31.2 Å². The number of hydrogen-bond acceptors (Lipinski definition) is 4. The minimum atomic E-state index is -0.205. The van der Waals surface area contributed by atoms with Gasteiger partial charge in [0, 0.05) is 32.4 Å². The van der Waals surface area contributed by atoms with Gasteiger partial charge in [-0.15, -0.1) is 0 Å². The number of hydrogen-bond donors (Lipinski definition) is 0. The van der Waals surface area contributed by atoms with Gasteiger partial charge in [0.1, 0.15) is 11.5 Å². The van der Waals surface area contributed by atoms with Crippen molar-refractivity contribution >= 4 is 11.7 Å². The van der Waals surface area contributed by atoms with Gasteiger partial charge in [0.05, 0.1) is 19.8 Å². The van der Waals surface area contributed by atoms with Crippen LogP contribution in [0.3, 0.4) is 0 Å². The molecule has 0 spiro atoms. The Bertz CT molecular complexity index is 526. The molecule has 0 aromatic heterocycles. The molecule has 120 valence electrons. The van der Waals surface area contributed by atoms with Gasteiger partial charge in [-0.05, 0) is 24.6 Å². The molecule has 5 nitrogen and oxygen atoms in total. The molecular weight excluding hydrogens is 282 g/mol. The minimum Gasteiger partial charge on any atom is -0.497 e. The first kappa shape index (κ1) is 16.5. The van der Waals surface area contributed by atoms with Gasteiger partial charge in [-0.1, -0.05) is 12.1 Å². The quantitative estimate of drug-likeness (QED) is 0.775. The van der Waals surface area contributed by atoms with E-state index in [1.165, 1.54) is 0 Å². The lowest BCUT2D eigenvalue weighted by Gasteiger charge is -2.25. The molecule has 0 bridgehead atoms. The van der Waals surface area contributed by atoms with E-state index in [4.69, 9.17) is 9.47 Å². The van der Waals surface area contributed by atoms with Crippen LogP contribution in [0.2, 0.25) is 0 Å². The second-order valence-corrected chi connectivity index (χ2v) is 5.61. The third kappa shape index (κ3) is 3.65. The summed E-state index contributed by atoms with van der Waals surface area (Å²) in [5, 5.41) is 0. The SMILES string of the molecule is COCCC(=O)[C@@H]1CC(=O)N([C@H](C)c2ccc(OC)cc2)C1. The molecule has 1 aliphatic heterocycles. The number of carbonyl (C=O) groups is 2. The molecule has 1 fully saturated rings. The smallest absolute Gasteiger partial charge is 0.223 e. The molecule has 1 saturated heterocycles. The van der Waals surface area contributed by atoms with E-state index in [1.54, 1.807) is 19.1 Å². The van der Waals surface area contributed by atoms with E-state index >= 15 is 0 Å². The summed E-state index contributed by atoms with van der Waals surface area (Å²) in [6.07, 6.45) is 0.683. The van der Waals surface area contributed by atoms with E-state index in [2.05, 4.69) is 0 Å². The van der Waals surface area contributed by atoms with E-state index in [9.17, 15) is 9.59 Å². The second kappa shape index (κ2) is 7.40. The fourth-order valence-electron chi connectivity index (χ4n) is 2.79. The predicted octanol–water partition coefficient (Wildman–Crippen LogP) is 2.21. The molecule has 2 atom stereocenters. The zero-order valence-electron chi connectivity index (χ0n) is 13.4. The summed E-state index contributed by atoms with van der Waals surface area (Å²) in [4.78, 5) is 26.1. The van der Waals surface area contributed by atoms with Crippen LogP contribution in [0.25, 0.3) is 0 Å². The van der Waals surface area contributed by atoms with Crippen LogP contribution in [0.5, 0.6) is 5.75 Å². The van der Waals surface area contributed by atoms with Crippen molar-refractivity contribution in [2.24, 2.45) is 5.92 Å². The minimum absolute atomic E-state index is 0.0408. The predicted molar refractivity (Wildman–Crippen MR) is 82.7 cm³/mol. The first-order chi connectivity index (χ1) is 10.6. The molecule has 0 unspecified atom stereocenters. The molecule has 1 aromatic carbocycles. The lowest BCUT2D eigenvalue weighted by molar-refractivity contribution is -0.130. The molecule has 5 heteroatoms. The second-order valence-electron chi connectivity index (χ2n) is 5.61. The maximum Gasteiger partial charge on any atom is 0.223 e. The van der Waals surface area contributed by atoms with Crippen molar-refractivity contribution in [2.45, 2.75) is 25.8 Å². The van der Waals surface area contributed by atoms with Crippen LogP contribution in [-0.4, -0.2) is 44.0 Å². The summed E-state index contributed by atoms with van der Waals surface area (Å²) < 4.78 is 10.1. The standard InChI is InChI=1S/C17H23NO4/c1-12(13-4-6-15(22-3)7-5-13)18-11-14(10-17(18)20)16(19)8-9-21-2/h4-7,12,14H,8-11H2,1-3H3/t12-,14-/m1/s1. The van der Waals surface area contributed by atoms with Crippen LogP contribution in [0, 0.1) is 5.92 Å². The maximum atomic E-state index is 12.2. The van der Waals surface area contributed by atoms with Gasteiger partial charge >= 0.3 is 0 Å². The number of likely N-dealkylation sites (tertiary alicyclic amines) is 1.